The maximum absolute atomic E-state index is 11.3. The van der Waals surface area contributed by atoms with Crippen molar-refractivity contribution in [2.45, 2.75) is 18.4 Å². The van der Waals surface area contributed by atoms with Crippen LogP contribution in [0.1, 0.15) is 18.4 Å². The van der Waals surface area contributed by atoms with Crippen molar-refractivity contribution in [3.8, 4) is 11.5 Å². The zero-order valence-electron chi connectivity index (χ0n) is 10.8. The van der Waals surface area contributed by atoms with E-state index >= 15 is 0 Å². The van der Waals surface area contributed by atoms with E-state index in [4.69, 9.17) is 9.47 Å². The number of carboxylic acid groups (broad SMARTS) is 2. The first kappa shape index (κ1) is 15.8. The van der Waals surface area contributed by atoms with Gasteiger partial charge in [0.25, 0.3) is 0 Å². The first-order chi connectivity index (χ1) is 8.40. The molecule has 0 saturated heterocycles. The molecule has 0 spiro atoms. The Bertz CT molecular complexity index is 529. The second-order valence-electron chi connectivity index (χ2n) is 4.17. The molecule has 0 saturated carbocycles. The molecule has 2 rings (SSSR count). The Balaban J connectivity index is 0.00000180. The molecule has 19 heavy (non-hydrogen) atoms. The number of hydrogen-bond donors (Lipinski definition) is 1. The van der Waals surface area contributed by atoms with Crippen LogP contribution in [0.5, 0.6) is 11.5 Å². The van der Waals surface area contributed by atoms with Crippen molar-refractivity contribution < 1.29 is 58.8 Å². The van der Waals surface area contributed by atoms with Crippen molar-refractivity contribution in [2.75, 3.05) is 7.11 Å². The Morgan fingerprint density at radius 1 is 1.47 bits per heavy atom. The van der Waals surface area contributed by atoms with Crippen LogP contribution in [0.25, 0.3) is 0 Å². The van der Waals surface area contributed by atoms with Crippen LogP contribution in [0.2, 0.25) is 0 Å². The molecular formula is C12H11NaO6. The number of fused-ring (bicyclic) bond motifs is 1. The average Bonchev–Trinajstić information content (AvgIpc) is 2.61. The summed E-state index contributed by atoms with van der Waals surface area (Å²) in [7, 11) is 1.44. The van der Waals surface area contributed by atoms with Crippen molar-refractivity contribution in [3.63, 3.8) is 0 Å². The third-order valence-electron chi connectivity index (χ3n) is 3.05. The van der Waals surface area contributed by atoms with E-state index in [0.717, 1.165) is 0 Å². The first-order valence-electron chi connectivity index (χ1n) is 5.21. The van der Waals surface area contributed by atoms with Gasteiger partial charge in [-0.05, 0) is 25.1 Å². The molecule has 1 aromatic rings. The smallest absolute Gasteiger partial charge is 0.546 e. The van der Waals surface area contributed by atoms with E-state index in [9.17, 15) is 19.8 Å². The summed E-state index contributed by atoms with van der Waals surface area (Å²) in [5, 5.41) is 20.3. The third kappa shape index (κ3) is 2.43. The molecule has 0 radical (unpaired) electrons. The predicted molar refractivity (Wildman–Crippen MR) is 57.4 cm³/mol. The largest absolute Gasteiger partial charge is 1.00 e. The molecule has 1 aliphatic heterocycles. The number of carboxylic acids is 2. The fraction of sp³-hybridized carbons (Fsp3) is 0.333. The molecule has 0 aromatic heterocycles. The van der Waals surface area contributed by atoms with Gasteiger partial charge in [0.1, 0.15) is 17.4 Å². The third-order valence-corrected chi connectivity index (χ3v) is 3.05. The molecule has 1 N–H and O–H groups in total. The minimum Gasteiger partial charge on any atom is -0.546 e. The van der Waals surface area contributed by atoms with Gasteiger partial charge in [0.05, 0.1) is 13.1 Å². The van der Waals surface area contributed by atoms with Gasteiger partial charge in [-0.25, -0.2) is 0 Å². The second kappa shape index (κ2) is 5.40. The summed E-state index contributed by atoms with van der Waals surface area (Å²) >= 11 is 0. The van der Waals surface area contributed by atoms with Crippen LogP contribution >= 0.6 is 0 Å². The summed E-state index contributed by atoms with van der Waals surface area (Å²) in [6.45, 7) is 1.19. The number of carbonyl (C=O) groups excluding carboxylic acids is 1. The molecular weight excluding hydrogens is 263 g/mol. The van der Waals surface area contributed by atoms with Gasteiger partial charge in [0.2, 0.25) is 0 Å². The Morgan fingerprint density at radius 2 is 2.11 bits per heavy atom. The molecule has 96 valence electrons. The molecule has 0 amide bonds. The summed E-state index contributed by atoms with van der Waals surface area (Å²) in [4.78, 5) is 22.4. The van der Waals surface area contributed by atoms with Gasteiger partial charge in [-0.1, -0.05) is 0 Å². The number of aliphatic carboxylic acids is 2. The standard InChI is InChI=1S/C12H12O6.Na/c1-12(11(15)16)9(10(13)14)7-5-6(17-2)3-4-8(7)18-12;/h3-5,9H,1-2H3,(H,13,14)(H,15,16);/q;+1/p-1. The van der Waals surface area contributed by atoms with E-state index in [1.165, 1.54) is 26.2 Å². The maximum Gasteiger partial charge on any atom is 1.00 e. The molecule has 1 aliphatic rings. The monoisotopic (exact) mass is 274 g/mol. The Labute approximate surface area is 131 Å². The van der Waals surface area contributed by atoms with Gasteiger partial charge in [-0.3, -0.25) is 4.79 Å². The molecule has 0 aliphatic carbocycles. The molecule has 2 atom stereocenters. The van der Waals surface area contributed by atoms with E-state index in [0.29, 0.717) is 5.75 Å². The molecule has 6 nitrogen and oxygen atoms in total. The molecule has 1 aromatic carbocycles. The number of methoxy groups -OCH3 is 1. The van der Waals surface area contributed by atoms with Crippen LogP contribution in [0, 0.1) is 0 Å². The summed E-state index contributed by atoms with van der Waals surface area (Å²) in [6, 6.07) is 4.51. The Kier molecular flexibility index (Phi) is 4.50. The maximum atomic E-state index is 11.3. The van der Waals surface area contributed by atoms with Gasteiger partial charge in [-0.2, -0.15) is 0 Å². The number of rotatable bonds is 3. The molecule has 1 heterocycles. The van der Waals surface area contributed by atoms with Crippen molar-refractivity contribution in [1.82, 2.24) is 0 Å². The molecule has 0 bridgehead atoms. The SMILES string of the molecule is COc1ccc2c(c1)C(C(=O)O)C(C)(C(=O)[O-])O2.[Na+]. The first-order valence-corrected chi connectivity index (χ1v) is 5.21. The van der Waals surface area contributed by atoms with Crippen LogP contribution < -0.4 is 44.1 Å². The quantitative estimate of drug-likeness (QED) is 0.582. The number of ether oxygens (including phenoxy) is 2. The van der Waals surface area contributed by atoms with Crippen LogP contribution in [0.15, 0.2) is 18.2 Å². The minimum atomic E-state index is -1.92. The van der Waals surface area contributed by atoms with Crippen LogP contribution in [0.3, 0.4) is 0 Å². The number of hydrogen-bond acceptors (Lipinski definition) is 5. The summed E-state index contributed by atoms with van der Waals surface area (Å²) in [5.41, 5.74) is -1.64. The zero-order chi connectivity index (χ0) is 13.5. The average molecular weight is 274 g/mol. The Morgan fingerprint density at radius 3 is 2.58 bits per heavy atom. The van der Waals surface area contributed by atoms with Gasteiger partial charge in [0.15, 0.2) is 5.60 Å². The van der Waals surface area contributed by atoms with Crippen molar-refractivity contribution >= 4 is 11.9 Å². The van der Waals surface area contributed by atoms with Crippen LogP contribution in [-0.4, -0.2) is 29.8 Å². The van der Waals surface area contributed by atoms with Crippen molar-refractivity contribution in [3.05, 3.63) is 23.8 Å². The van der Waals surface area contributed by atoms with E-state index in [2.05, 4.69) is 0 Å². The van der Waals surface area contributed by atoms with Gasteiger partial charge >= 0.3 is 35.5 Å². The topological polar surface area (TPSA) is 95.9 Å². The number of benzene rings is 1. The van der Waals surface area contributed by atoms with Gasteiger partial charge in [0, 0.05) is 5.56 Å². The fourth-order valence-electron chi connectivity index (χ4n) is 2.08. The van der Waals surface area contributed by atoms with E-state index in [-0.39, 0.29) is 40.9 Å². The zero-order valence-corrected chi connectivity index (χ0v) is 12.8. The second-order valence-corrected chi connectivity index (χ2v) is 4.17. The fourth-order valence-corrected chi connectivity index (χ4v) is 2.08. The summed E-state index contributed by atoms with van der Waals surface area (Å²) in [5.74, 6) is -3.52. The molecule has 2 unspecified atom stereocenters. The molecule has 7 heteroatoms. The Hall–Kier alpha value is -1.24. The van der Waals surface area contributed by atoms with Crippen molar-refractivity contribution in [1.29, 1.82) is 0 Å². The van der Waals surface area contributed by atoms with Crippen LogP contribution in [-0.2, 0) is 9.59 Å². The molecule has 0 fully saturated rings. The van der Waals surface area contributed by atoms with Gasteiger partial charge < -0.3 is 24.5 Å². The summed E-state index contributed by atoms with van der Waals surface area (Å²) in [6.07, 6.45) is 0. The van der Waals surface area contributed by atoms with Crippen molar-refractivity contribution in [2.24, 2.45) is 0 Å². The van der Waals surface area contributed by atoms with Crippen LogP contribution in [0.4, 0.5) is 0 Å². The predicted octanol–water partition coefficient (Wildman–Crippen LogP) is -3.23. The van der Waals surface area contributed by atoms with E-state index < -0.39 is 23.5 Å². The normalized spacial score (nSPS) is 23.8. The number of carbonyl (C=O) groups is 2. The van der Waals surface area contributed by atoms with E-state index in [1.54, 1.807) is 6.07 Å². The van der Waals surface area contributed by atoms with E-state index in [1.807, 2.05) is 0 Å². The summed E-state index contributed by atoms with van der Waals surface area (Å²) < 4.78 is 10.2. The minimum absolute atomic E-state index is 0. The van der Waals surface area contributed by atoms with Gasteiger partial charge in [-0.15, -0.1) is 0 Å².